The molecule has 150 valence electrons. The van der Waals surface area contributed by atoms with Crippen molar-refractivity contribution in [2.45, 2.75) is 39.3 Å². The third-order valence-corrected chi connectivity index (χ3v) is 4.40. The lowest BCUT2D eigenvalue weighted by atomic mass is 10.0. The maximum absolute atomic E-state index is 13.5. The smallest absolute Gasteiger partial charge is 0.173 e. The number of anilines is 2. The van der Waals surface area contributed by atoms with Crippen LogP contribution in [0.5, 0.6) is 0 Å². The Morgan fingerprint density at radius 3 is 2.55 bits per heavy atom. The fraction of sp³-hybridized carbons (Fsp3) is 0.286. The molecule has 29 heavy (non-hydrogen) atoms. The van der Waals surface area contributed by atoms with Crippen molar-refractivity contribution in [2.75, 3.05) is 5.32 Å². The van der Waals surface area contributed by atoms with Gasteiger partial charge in [-0.3, -0.25) is 10.4 Å². The van der Waals surface area contributed by atoms with E-state index in [1.165, 1.54) is 12.1 Å². The van der Waals surface area contributed by atoms with E-state index in [4.69, 9.17) is 10.1 Å². The monoisotopic (exact) mass is 393 g/mol. The first-order valence-corrected chi connectivity index (χ1v) is 9.46. The lowest BCUT2D eigenvalue weighted by Gasteiger charge is -2.28. The zero-order chi connectivity index (χ0) is 20.6. The van der Waals surface area contributed by atoms with Gasteiger partial charge in [0.2, 0.25) is 0 Å². The Bertz CT molecular complexity index is 1120. The molecule has 0 saturated heterocycles. The Kier molecular flexibility index (Phi) is 4.79. The fourth-order valence-corrected chi connectivity index (χ4v) is 3.15. The first-order valence-electron chi connectivity index (χ1n) is 9.46. The average Bonchev–Trinajstić information content (AvgIpc) is 3.28. The number of aromatic amines is 1. The first kappa shape index (κ1) is 19.1. The molecule has 0 fully saturated rings. The van der Waals surface area contributed by atoms with Crippen LogP contribution in [0.15, 0.2) is 48.7 Å². The molecule has 0 aliphatic rings. The second kappa shape index (κ2) is 7.29. The van der Waals surface area contributed by atoms with Gasteiger partial charge in [0.25, 0.3) is 0 Å². The second-order valence-electron chi connectivity index (χ2n) is 8.10. The maximum Gasteiger partial charge on any atom is 0.173 e. The Labute approximate surface area is 168 Å². The van der Waals surface area contributed by atoms with Gasteiger partial charge in [-0.2, -0.15) is 10.2 Å². The summed E-state index contributed by atoms with van der Waals surface area (Å²) in [6, 6.07) is 11.9. The molecule has 4 aromatic rings. The summed E-state index contributed by atoms with van der Waals surface area (Å²) in [7, 11) is 0. The van der Waals surface area contributed by atoms with E-state index in [1.54, 1.807) is 16.6 Å². The highest BCUT2D eigenvalue weighted by Gasteiger charge is 2.25. The SMILES string of the molecule is Cc1cc(Nc2nc(C(NC(C)(C)C)c3ccc(F)cc3)nn3cccc23)n[nH]1. The minimum absolute atomic E-state index is 0.207. The summed E-state index contributed by atoms with van der Waals surface area (Å²) < 4.78 is 15.3. The van der Waals surface area contributed by atoms with Crippen molar-refractivity contribution >= 4 is 17.2 Å². The van der Waals surface area contributed by atoms with E-state index >= 15 is 0 Å². The molecule has 0 amide bonds. The molecule has 1 aromatic carbocycles. The number of benzene rings is 1. The molecule has 0 spiro atoms. The molecule has 0 saturated carbocycles. The van der Waals surface area contributed by atoms with Gasteiger partial charge in [0, 0.05) is 23.5 Å². The number of hydrogen-bond donors (Lipinski definition) is 3. The number of fused-ring (bicyclic) bond motifs is 1. The number of nitrogens with zero attached hydrogens (tertiary/aromatic N) is 4. The van der Waals surface area contributed by atoms with Crippen molar-refractivity contribution < 1.29 is 4.39 Å². The summed E-state index contributed by atoms with van der Waals surface area (Å²) >= 11 is 0. The van der Waals surface area contributed by atoms with Crippen LogP contribution in [0, 0.1) is 12.7 Å². The van der Waals surface area contributed by atoms with Gasteiger partial charge in [-0.1, -0.05) is 12.1 Å². The van der Waals surface area contributed by atoms with Gasteiger partial charge in [-0.25, -0.2) is 13.9 Å². The zero-order valence-electron chi connectivity index (χ0n) is 16.9. The molecular weight excluding hydrogens is 369 g/mol. The zero-order valence-corrected chi connectivity index (χ0v) is 16.9. The number of aromatic nitrogens is 5. The molecule has 0 radical (unpaired) electrons. The molecule has 3 N–H and O–H groups in total. The predicted molar refractivity (Wildman–Crippen MR) is 111 cm³/mol. The van der Waals surface area contributed by atoms with Crippen LogP contribution in [0.2, 0.25) is 0 Å². The van der Waals surface area contributed by atoms with E-state index in [1.807, 2.05) is 31.3 Å². The van der Waals surface area contributed by atoms with Crippen molar-refractivity contribution in [3.8, 4) is 0 Å². The summed E-state index contributed by atoms with van der Waals surface area (Å²) in [6.45, 7) is 8.16. The van der Waals surface area contributed by atoms with Crippen molar-refractivity contribution in [3.05, 3.63) is 71.6 Å². The number of nitrogens with one attached hydrogen (secondary N) is 3. The van der Waals surface area contributed by atoms with Crippen LogP contribution in [0.3, 0.4) is 0 Å². The Morgan fingerprint density at radius 1 is 1.14 bits per heavy atom. The Balaban J connectivity index is 1.81. The van der Waals surface area contributed by atoms with Crippen molar-refractivity contribution in [3.63, 3.8) is 0 Å². The lowest BCUT2D eigenvalue weighted by molar-refractivity contribution is 0.380. The normalized spacial score (nSPS) is 13.0. The third kappa shape index (κ3) is 4.27. The van der Waals surface area contributed by atoms with E-state index in [-0.39, 0.29) is 17.4 Å². The highest BCUT2D eigenvalue weighted by molar-refractivity contribution is 5.72. The van der Waals surface area contributed by atoms with Gasteiger partial charge in [0.05, 0.1) is 6.04 Å². The molecule has 4 rings (SSSR count). The van der Waals surface area contributed by atoms with Crippen LogP contribution >= 0.6 is 0 Å². The highest BCUT2D eigenvalue weighted by Crippen LogP contribution is 2.26. The topological polar surface area (TPSA) is 82.9 Å². The van der Waals surface area contributed by atoms with E-state index in [9.17, 15) is 4.39 Å². The largest absolute Gasteiger partial charge is 0.322 e. The van der Waals surface area contributed by atoms with Gasteiger partial charge >= 0.3 is 0 Å². The second-order valence-corrected chi connectivity index (χ2v) is 8.10. The summed E-state index contributed by atoms with van der Waals surface area (Å²) in [5.41, 5.74) is 2.46. The highest BCUT2D eigenvalue weighted by atomic mass is 19.1. The molecule has 0 aliphatic carbocycles. The van der Waals surface area contributed by atoms with Crippen molar-refractivity contribution in [1.82, 2.24) is 30.1 Å². The van der Waals surface area contributed by atoms with E-state index in [0.717, 1.165) is 16.8 Å². The Hall–Kier alpha value is -3.26. The Morgan fingerprint density at radius 2 is 1.90 bits per heavy atom. The minimum atomic E-state index is -0.316. The molecule has 8 heteroatoms. The van der Waals surface area contributed by atoms with E-state index in [0.29, 0.717) is 17.5 Å². The van der Waals surface area contributed by atoms with E-state index in [2.05, 4.69) is 41.6 Å². The van der Waals surface area contributed by atoms with Gasteiger partial charge < -0.3 is 5.32 Å². The van der Waals surface area contributed by atoms with Crippen LogP contribution in [0.4, 0.5) is 16.0 Å². The maximum atomic E-state index is 13.5. The quantitative estimate of drug-likeness (QED) is 0.475. The molecule has 0 aliphatic heterocycles. The third-order valence-electron chi connectivity index (χ3n) is 4.40. The van der Waals surface area contributed by atoms with Gasteiger partial charge in [-0.15, -0.1) is 0 Å². The number of aryl methyl sites for hydroxylation is 1. The molecule has 1 unspecified atom stereocenters. The molecule has 0 bridgehead atoms. The fourth-order valence-electron chi connectivity index (χ4n) is 3.15. The van der Waals surface area contributed by atoms with Crippen LogP contribution in [-0.4, -0.2) is 30.3 Å². The predicted octanol–water partition coefficient (Wildman–Crippen LogP) is 4.12. The standard InChI is InChI=1S/C21H24FN7/c1-13-12-17(27-26-13)23-19-16-6-5-11-29(16)28-20(24-19)18(25-21(2,3)4)14-7-9-15(22)10-8-14/h5-12,18,25H,1-4H3,(H2,23,24,26,27,28). The summed E-state index contributed by atoms with van der Waals surface area (Å²) in [4.78, 5) is 4.81. The van der Waals surface area contributed by atoms with E-state index < -0.39 is 0 Å². The lowest BCUT2D eigenvalue weighted by Crippen LogP contribution is -2.40. The van der Waals surface area contributed by atoms with Gasteiger partial charge in [0.15, 0.2) is 17.5 Å². The first-order chi connectivity index (χ1) is 13.8. The summed E-state index contributed by atoms with van der Waals surface area (Å²) in [5.74, 6) is 1.62. The van der Waals surface area contributed by atoms with Gasteiger partial charge in [0.1, 0.15) is 11.3 Å². The number of H-pyrrole nitrogens is 1. The molecule has 3 heterocycles. The van der Waals surface area contributed by atoms with Crippen LogP contribution in [0.1, 0.15) is 43.9 Å². The molecular formula is C21H24FN7. The van der Waals surface area contributed by atoms with Crippen molar-refractivity contribution in [1.29, 1.82) is 0 Å². The van der Waals surface area contributed by atoms with Gasteiger partial charge in [-0.05, 0) is 57.5 Å². The number of hydrogen-bond acceptors (Lipinski definition) is 5. The molecule has 7 nitrogen and oxygen atoms in total. The summed E-state index contributed by atoms with van der Waals surface area (Å²) in [5, 5.41) is 18.7. The number of rotatable bonds is 5. The van der Waals surface area contributed by atoms with Crippen LogP contribution in [0.25, 0.3) is 5.52 Å². The minimum Gasteiger partial charge on any atom is -0.322 e. The van der Waals surface area contributed by atoms with Crippen molar-refractivity contribution in [2.24, 2.45) is 0 Å². The molecule has 1 atom stereocenters. The summed E-state index contributed by atoms with van der Waals surface area (Å²) in [6.07, 6.45) is 1.88. The molecule has 3 aromatic heterocycles. The number of halogens is 1. The van der Waals surface area contributed by atoms with Crippen LogP contribution < -0.4 is 10.6 Å². The average molecular weight is 393 g/mol. The van der Waals surface area contributed by atoms with Crippen LogP contribution in [-0.2, 0) is 0 Å².